The largest absolute Gasteiger partial charge is 0.478 e. The molecule has 0 spiro atoms. The van der Waals surface area contributed by atoms with Gasteiger partial charge in [-0.3, -0.25) is 0 Å². The minimum atomic E-state index is -1.26. The number of rotatable bonds is 4. The lowest BCUT2D eigenvalue weighted by atomic mass is 9.60. The predicted octanol–water partition coefficient (Wildman–Crippen LogP) is 2.84. The maximum atomic E-state index is 11.1. The van der Waals surface area contributed by atoms with Crippen LogP contribution in [-0.4, -0.2) is 21.8 Å². The van der Waals surface area contributed by atoms with Gasteiger partial charge in [0.05, 0.1) is 22.6 Å². The van der Waals surface area contributed by atoms with E-state index in [0.717, 1.165) is 6.42 Å². The summed E-state index contributed by atoms with van der Waals surface area (Å²) < 4.78 is 0. The van der Waals surface area contributed by atoms with Gasteiger partial charge in [0.1, 0.15) is 0 Å². The molecule has 0 amide bonds. The molecular weight excluding hydrogens is 254 g/mol. The minimum absolute atomic E-state index is 0.180. The monoisotopic (exact) mass is 271 g/mol. The number of nitrogens with zero attached hydrogens (tertiary/aromatic N) is 1. The summed E-state index contributed by atoms with van der Waals surface area (Å²) in [7, 11) is 0. The molecule has 20 heavy (non-hydrogen) atoms. The van der Waals surface area contributed by atoms with Gasteiger partial charge in [-0.15, -0.1) is 0 Å². The molecule has 0 unspecified atom stereocenters. The summed E-state index contributed by atoms with van der Waals surface area (Å²) >= 11 is 0. The third kappa shape index (κ3) is 2.33. The minimum Gasteiger partial charge on any atom is -0.478 e. The van der Waals surface area contributed by atoms with Crippen LogP contribution in [-0.2, 0) is 0 Å². The first kappa shape index (κ1) is 14.3. The third-order valence-corrected chi connectivity index (χ3v) is 4.17. The lowest BCUT2D eigenvalue weighted by molar-refractivity contribution is -0.0408. The molecule has 0 radical (unpaired) electrons. The number of carboxylic acids is 1. The number of hydrogen-bond donors (Lipinski definition) is 2. The van der Waals surface area contributed by atoms with Crippen LogP contribution in [0.3, 0.4) is 0 Å². The summed E-state index contributed by atoms with van der Waals surface area (Å²) in [5.41, 5.74) is -1.31. The van der Waals surface area contributed by atoms with Crippen LogP contribution in [0.25, 0.3) is 6.08 Å². The van der Waals surface area contributed by atoms with Crippen molar-refractivity contribution < 1.29 is 15.0 Å². The summed E-state index contributed by atoms with van der Waals surface area (Å²) in [6.07, 6.45) is 5.39. The molecule has 0 aliphatic heterocycles. The Kier molecular flexibility index (Phi) is 3.65. The van der Waals surface area contributed by atoms with Gasteiger partial charge in [-0.05, 0) is 31.4 Å². The van der Waals surface area contributed by atoms with Crippen LogP contribution >= 0.6 is 0 Å². The first-order chi connectivity index (χ1) is 9.42. The van der Waals surface area contributed by atoms with Crippen molar-refractivity contribution in [3.05, 3.63) is 41.5 Å². The van der Waals surface area contributed by atoms with Crippen molar-refractivity contribution in [1.29, 1.82) is 5.26 Å². The van der Waals surface area contributed by atoms with E-state index in [1.54, 1.807) is 31.2 Å². The quantitative estimate of drug-likeness (QED) is 0.882. The topological polar surface area (TPSA) is 81.3 Å². The molecule has 0 saturated heterocycles. The van der Waals surface area contributed by atoms with Crippen molar-refractivity contribution in [2.24, 2.45) is 5.41 Å². The molecule has 1 atom stereocenters. The summed E-state index contributed by atoms with van der Waals surface area (Å²) in [6.45, 7) is 1.61. The van der Waals surface area contributed by atoms with E-state index in [1.807, 2.05) is 0 Å². The van der Waals surface area contributed by atoms with E-state index in [4.69, 9.17) is 5.11 Å². The maximum Gasteiger partial charge on any atom is 0.336 e. The van der Waals surface area contributed by atoms with Crippen molar-refractivity contribution in [2.75, 3.05) is 0 Å². The Labute approximate surface area is 118 Å². The zero-order valence-corrected chi connectivity index (χ0v) is 11.3. The molecule has 2 N–H and O–H groups in total. The summed E-state index contributed by atoms with van der Waals surface area (Å²) in [6, 6.07) is 8.80. The number of hydrogen-bond acceptors (Lipinski definition) is 3. The van der Waals surface area contributed by atoms with E-state index in [9.17, 15) is 15.2 Å². The average molecular weight is 271 g/mol. The Bertz CT molecular complexity index is 592. The van der Waals surface area contributed by atoms with Gasteiger partial charge in [-0.2, -0.15) is 5.26 Å². The Balaban J connectivity index is 2.30. The molecule has 1 saturated carbocycles. The number of carboxylic acid groups (broad SMARTS) is 1. The second-order valence-corrected chi connectivity index (χ2v) is 5.42. The van der Waals surface area contributed by atoms with E-state index in [1.165, 1.54) is 12.1 Å². The van der Waals surface area contributed by atoms with Gasteiger partial charge in [-0.1, -0.05) is 36.8 Å². The fraction of sp³-hybridized carbons (Fsp3) is 0.375. The zero-order chi connectivity index (χ0) is 14.8. The van der Waals surface area contributed by atoms with Crippen molar-refractivity contribution in [3.8, 4) is 6.07 Å². The van der Waals surface area contributed by atoms with Crippen molar-refractivity contribution in [3.63, 3.8) is 0 Å². The van der Waals surface area contributed by atoms with Gasteiger partial charge < -0.3 is 10.2 Å². The van der Waals surface area contributed by atoms with Crippen LogP contribution in [0.15, 0.2) is 30.3 Å². The summed E-state index contributed by atoms with van der Waals surface area (Å²) in [5, 5.41) is 28.9. The van der Waals surface area contributed by atoms with Gasteiger partial charge in [0.15, 0.2) is 0 Å². The first-order valence-electron chi connectivity index (χ1n) is 6.57. The highest BCUT2D eigenvalue weighted by Crippen LogP contribution is 2.49. The Morgan fingerprint density at radius 2 is 2.10 bits per heavy atom. The van der Waals surface area contributed by atoms with Crippen LogP contribution in [0, 0.1) is 16.7 Å². The molecule has 2 rings (SSSR count). The molecule has 1 fully saturated rings. The number of nitriles is 1. The summed E-state index contributed by atoms with van der Waals surface area (Å²) in [5.74, 6) is -1.01. The van der Waals surface area contributed by atoms with Gasteiger partial charge in [0.2, 0.25) is 0 Å². The average Bonchev–Trinajstić information content (AvgIpc) is 2.35. The highest BCUT2D eigenvalue weighted by Gasteiger charge is 2.50. The smallest absolute Gasteiger partial charge is 0.336 e. The molecule has 0 aromatic heterocycles. The molecule has 0 bridgehead atoms. The Morgan fingerprint density at radius 1 is 1.45 bits per heavy atom. The fourth-order valence-corrected chi connectivity index (χ4v) is 2.51. The maximum absolute atomic E-state index is 11.1. The lowest BCUT2D eigenvalue weighted by Crippen LogP contribution is -2.48. The van der Waals surface area contributed by atoms with Crippen molar-refractivity contribution in [1.82, 2.24) is 0 Å². The zero-order valence-electron chi connectivity index (χ0n) is 11.3. The molecule has 1 aliphatic rings. The summed E-state index contributed by atoms with van der Waals surface area (Å²) in [4.78, 5) is 11.1. The van der Waals surface area contributed by atoms with Crippen LogP contribution in [0.5, 0.6) is 0 Å². The van der Waals surface area contributed by atoms with E-state index in [-0.39, 0.29) is 5.56 Å². The Hall–Kier alpha value is -2.12. The molecular formula is C16H17NO3. The van der Waals surface area contributed by atoms with Crippen LogP contribution in [0.1, 0.15) is 42.1 Å². The third-order valence-electron chi connectivity index (χ3n) is 4.17. The highest BCUT2D eigenvalue weighted by molar-refractivity contribution is 5.92. The second-order valence-electron chi connectivity index (χ2n) is 5.42. The van der Waals surface area contributed by atoms with E-state index in [0.29, 0.717) is 18.4 Å². The van der Waals surface area contributed by atoms with Gasteiger partial charge in [0, 0.05) is 0 Å². The van der Waals surface area contributed by atoms with Crippen LogP contribution < -0.4 is 0 Å². The van der Waals surface area contributed by atoms with Gasteiger partial charge in [-0.25, -0.2) is 4.79 Å². The lowest BCUT2D eigenvalue weighted by Gasteiger charge is -2.45. The highest BCUT2D eigenvalue weighted by atomic mass is 16.4. The van der Waals surface area contributed by atoms with E-state index >= 15 is 0 Å². The fourth-order valence-electron chi connectivity index (χ4n) is 2.51. The van der Waals surface area contributed by atoms with Crippen LogP contribution in [0.4, 0.5) is 0 Å². The number of aliphatic hydroxyl groups is 1. The molecule has 1 aromatic carbocycles. The molecule has 0 heterocycles. The van der Waals surface area contributed by atoms with Crippen LogP contribution in [0.2, 0.25) is 0 Å². The number of benzene rings is 1. The molecule has 1 aromatic rings. The number of aromatic carboxylic acids is 1. The molecule has 4 nitrogen and oxygen atoms in total. The second kappa shape index (κ2) is 5.10. The molecule has 4 heteroatoms. The standard InChI is InChI=1S/C16H17NO3/c1-15(20,16(11-17)8-4-9-16)10-7-12-5-2-3-6-13(12)14(18)19/h2-3,5-7,10,20H,4,8-9H2,1H3,(H,18,19)/b10-7+/t15-/m1/s1. The Morgan fingerprint density at radius 3 is 2.60 bits per heavy atom. The van der Waals surface area contributed by atoms with Gasteiger partial charge >= 0.3 is 5.97 Å². The van der Waals surface area contributed by atoms with Crippen molar-refractivity contribution >= 4 is 12.0 Å². The van der Waals surface area contributed by atoms with Gasteiger partial charge in [0.25, 0.3) is 0 Å². The van der Waals surface area contributed by atoms with E-state index < -0.39 is 17.0 Å². The number of carbonyl (C=O) groups is 1. The first-order valence-corrected chi connectivity index (χ1v) is 6.57. The molecule has 104 valence electrons. The predicted molar refractivity (Wildman–Crippen MR) is 75.0 cm³/mol. The normalized spacial score (nSPS) is 19.9. The SMILES string of the molecule is C[C@@](O)(/C=C/c1ccccc1C(=O)O)C1(C#N)CCC1. The van der Waals surface area contributed by atoms with Crippen molar-refractivity contribution in [2.45, 2.75) is 31.8 Å². The molecule has 1 aliphatic carbocycles. The van der Waals surface area contributed by atoms with E-state index in [2.05, 4.69) is 6.07 Å².